The van der Waals surface area contributed by atoms with Crippen molar-refractivity contribution >= 4 is 5.69 Å². The monoisotopic (exact) mass is 257 g/mol. The average Bonchev–Trinajstić information content (AvgIpc) is 2.41. The highest BCUT2D eigenvalue weighted by Gasteiger charge is 2.11. The molecule has 0 aliphatic rings. The van der Waals surface area contributed by atoms with Gasteiger partial charge in [0.05, 0.1) is 18.8 Å². The first-order chi connectivity index (χ1) is 9.11. The molecule has 0 fully saturated rings. The van der Waals surface area contributed by atoms with Gasteiger partial charge in [-0.1, -0.05) is 24.3 Å². The van der Waals surface area contributed by atoms with Gasteiger partial charge >= 0.3 is 0 Å². The first-order valence-corrected chi connectivity index (χ1v) is 6.31. The topological polar surface area (TPSA) is 41.5 Å². The number of phenols is 1. The lowest BCUT2D eigenvalue weighted by atomic mass is 10.1. The van der Waals surface area contributed by atoms with Gasteiger partial charge in [-0.25, -0.2) is 0 Å². The first kappa shape index (κ1) is 13.3. The predicted octanol–water partition coefficient (Wildman–Crippen LogP) is 3.88. The van der Waals surface area contributed by atoms with Gasteiger partial charge in [-0.2, -0.15) is 0 Å². The van der Waals surface area contributed by atoms with Crippen LogP contribution in [0.3, 0.4) is 0 Å². The van der Waals surface area contributed by atoms with E-state index in [-0.39, 0.29) is 6.04 Å². The second-order valence-electron chi connectivity index (χ2n) is 4.63. The van der Waals surface area contributed by atoms with Gasteiger partial charge in [0, 0.05) is 5.56 Å². The zero-order valence-corrected chi connectivity index (χ0v) is 11.5. The molecular weight excluding hydrogens is 238 g/mol. The summed E-state index contributed by atoms with van der Waals surface area (Å²) in [5.74, 6) is 1.11. The third kappa shape index (κ3) is 2.99. The summed E-state index contributed by atoms with van der Waals surface area (Å²) in [4.78, 5) is 0. The number of benzene rings is 2. The standard InChI is InChI=1S/C16H19NO2/c1-11-8-9-14(16(10-11)19-3)17-12(2)13-6-4-5-7-15(13)18/h4-10,12,17-18H,1-3H3. The van der Waals surface area contributed by atoms with Crippen molar-refractivity contribution in [1.82, 2.24) is 0 Å². The van der Waals surface area contributed by atoms with E-state index in [0.29, 0.717) is 5.75 Å². The van der Waals surface area contributed by atoms with Crippen molar-refractivity contribution in [1.29, 1.82) is 0 Å². The quantitative estimate of drug-likeness (QED) is 0.873. The van der Waals surface area contributed by atoms with E-state index in [1.807, 2.05) is 50.2 Å². The maximum atomic E-state index is 9.86. The fraction of sp³-hybridized carbons (Fsp3) is 0.250. The number of aryl methyl sites for hydroxylation is 1. The van der Waals surface area contributed by atoms with Gasteiger partial charge in [-0.3, -0.25) is 0 Å². The molecule has 0 aliphatic carbocycles. The third-order valence-electron chi connectivity index (χ3n) is 3.13. The molecule has 3 nitrogen and oxygen atoms in total. The average molecular weight is 257 g/mol. The summed E-state index contributed by atoms with van der Waals surface area (Å²) >= 11 is 0. The van der Waals surface area contributed by atoms with Crippen LogP contribution < -0.4 is 10.1 Å². The highest BCUT2D eigenvalue weighted by atomic mass is 16.5. The number of hydrogen-bond acceptors (Lipinski definition) is 3. The largest absolute Gasteiger partial charge is 0.508 e. The molecular formula is C16H19NO2. The number of rotatable bonds is 4. The molecule has 0 bridgehead atoms. The van der Waals surface area contributed by atoms with Gasteiger partial charge in [-0.05, 0) is 37.6 Å². The van der Waals surface area contributed by atoms with Crippen LogP contribution in [0.25, 0.3) is 0 Å². The Morgan fingerprint density at radius 1 is 1.16 bits per heavy atom. The molecule has 0 saturated heterocycles. The molecule has 1 atom stereocenters. The second-order valence-corrected chi connectivity index (χ2v) is 4.63. The number of anilines is 1. The van der Waals surface area contributed by atoms with E-state index in [2.05, 4.69) is 5.32 Å². The molecule has 2 aromatic rings. The molecule has 0 spiro atoms. The molecule has 0 aromatic heterocycles. The van der Waals surface area contributed by atoms with Gasteiger partial charge in [0.25, 0.3) is 0 Å². The fourth-order valence-corrected chi connectivity index (χ4v) is 2.08. The maximum Gasteiger partial charge on any atom is 0.142 e. The van der Waals surface area contributed by atoms with Crippen LogP contribution in [0.2, 0.25) is 0 Å². The Balaban J connectivity index is 2.24. The van der Waals surface area contributed by atoms with E-state index in [0.717, 1.165) is 22.6 Å². The van der Waals surface area contributed by atoms with E-state index in [9.17, 15) is 5.11 Å². The van der Waals surface area contributed by atoms with Crippen LogP contribution in [0, 0.1) is 6.92 Å². The van der Waals surface area contributed by atoms with Crippen molar-refractivity contribution < 1.29 is 9.84 Å². The second kappa shape index (κ2) is 5.65. The molecule has 0 saturated carbocycles. The molecule has 0 heterocycles. The van der Waals surface area contributed by atoms with E-state index < -0.39 is 0 Å². The highest BCUT2D eigenvalue weighted by Crippen LogP contribution is 2.31. The van der Waals surface area contributed by atoms with Crippen molar-refractivity contribution in [2.45, 2.75) is 19.9 Å². The summed E-state index contributed by atoms with van der Waals surface area (Å²) in [6.07, 6.45) is 0. The van der Waals surface area contributed by atoms with Crippen LogP contribution in [0.15, 0.2) is 42.5 Å². The molecule has 0 aliphatic heterocycles. The smallest absolute Gasteiger partial charge is 0.142 e. The number of para-hydroxylation sites is 1. The number of ether oxygens (including phenoxy) is 1. The summed E-state index contributed by atoms with van der Waals surface area (Å²) in [6.45, 7) is 4.03. The van der Waals surface area contributed by atoms with Gasteiger partial charge in [0.15, 0.2) is 0 Å². The summed E-state index contributed by atoms with van der Waals surface area (Å²) in [7, 11) is 1.66. The fourth-order valence-electron chi connectivity index (χ4n) is 2.08. The maximum absolute atomic E-state index is 9.86. The van der Waals surface area contributed by atoms with Gasteiger partial charge in [0.2, 0.25) is 0 Å². The molecule has 3 heteroatoms. The van der Waals surface area contributed by atoms with Gasteiger partial charge in [0.1, 0.15) is 11.5 Å². The highest BCUT2D eigenvalue weighted by molar-refractivity contribution is 5.59. The molecule has 2 rings (SSSR count). The Hall–Kier alpha value is -2.16. The number of methoxy groups -OCH3 is 1. The minimum absolute atomic E-state index is 0.00203. The molecule has 0 radical (unpaired) electrons. The lowest BCUT2D eigenvalue weighted by molar-refractivity contribution is 0.415. The third-order valence-corrected chi connectivity index (χ3v) is 3.13. The van der Waals surface area contributed by atoms with Crippen LogP contribution in [0.5, 0.6) is 11.5 Å². The summed E-state index contributed by atoms with van der Waals surface area (Å²) in [5, 5.41) is 13.2. The molecule has 2 N–H and O–H groups in total. The zero-order chi connectivity index (χ0) is 13.8. The normalized spacial score (nSPS) is 11.9. The Kier molecular flexibility index (Phi) is 3.95. The minimum atomic E-state index is -0.00203. The van der Waals surface area contributed by atoms with E-state index in [1.165, 1.54) is 0 Å². The van der Waals surface area contributed by atoms with Gasteiger partial charge < -0.3 is 15.2 Å². The van der Waals surface area contributed by atoms with Crippen molar-refractivity contribution in [2.24, 2.45) is 0 Å². The Labute approximate surface area is 113 Å². The zero-order valence-electron chi connectivity index (χ0n) is 11.5. The van der Waals surface area contributed by atoms with Crippen molar-refractivity contribution in [3.05, 3.63) is 53.6 Å². The Bertz CT molecular complexity index is 566. The van der Waals surface area contributed by atoms with Crippen LogP contribution in [0.1, 0.15) is 24.1 Å². The van der Waals surface area contributed by atoms with Crippen LogP contribution in [-0.4, -0.2) is 12.2 Å². The number of aromatic hydroxyl groups is 1. The van der Waals surface area contributed by atoms with E-state index >= 15 is 0 Å². The summed E-state index contributed by atoms with van der Waals surface area (Å²) in [5.41, 5.74) is 2.94. The lowest BCUT2D eigenvalue weighted by Gasteiger charge is -2.19. The van der Waals surface area contributed by atoms with Crippen molar-refractivity contribution in [3.63, 3.8) is 0 Å². The van der Waals surface area contributed by atoms with Crippen LogP contribution >= 0.6 is 0 Å². The van der Waals surface area contributed by atoms with E-state index in [4.69, 9.17) is 4.74 Å². The van der Waals surface area contributed by atoms with Crippen molar-refractivity contribution in [3.8, 4) is 11.5 Å². The number of phenolic OH excluding ortho intramolecular Hbond substituents is 1. The predicted molar refractivity (Wildman–Crippen MR) is 77.9 cm³/mol. The van der Waals surface area contributed by atoms with Crippen LogP contribution in [-0.2, 0) is 0 Å². The van der Waals surface area contributed by atoms with Gasteiger partial charge in [-0.15, -0.1) is 0 Å². The summed E-state index contributed by atoms with van der Waals surface area (Å²) < 4.78 is 5.37. The number of hydrogen-bond donors (Lipinski definition) is 2. The molecule has 100 valence electrons. The Morgan fingerprint density at radius 3 is 2.58 bits per heavy atom. The van der Waals surface area contributed by atoms with Crippen molar-refractivity contribution in [2.75, 3.05) is 12.4 Å². The lowest BCUT2D eigenvalue weighted by Crippen LogP contribution is -2.08. The first-order valence-electron chi connectivity index (χ1n) is 6.31. The molecule has 1 unspecified atom stereocenters. The molecule has 19 heavy (non-hydrogen) atoms. The minimum Gasteiger partial charge on any atom is -0.508 e. The SMILES string of the molecule is COc1cc(C)ccc1NC(C)c1ccccc1O. The van der Waals surface area contributed by atoms with E-state index in [1.54, 1.807) is 13.2 Å². The summed E-state index contributed by atoms with van der Waals surface area (Å²) in [6, 6.07) is 13.3. The molecule has 2 aromatic carbocycles. The number of nitrogens with one attached hydrogen (secondary N) is 1. The van der Waals surface area contributed by atoms with Crippen LogP contribution in [0.4, 0.5) is 5.69 Å². The molecule has 0 amide bonds. The Morgan fingerprint density at radius 2 is 1.89 bits per heavy atom.